The van der Waals surface area contributed by atoms with Gasteiger partial charge in [-0.15, -0.1) is 22.7 Å². The molecule has 0 fully saturated rings. The van der Waals surface area contributed by atoms with E-state index in [1.807, 2.05) is 41.1 Å². The van der Waals surface area contributed by atoms with Crippen molar-refractivity contribution in [2.75, 3.05) is 0 Å². The van der Waals surface area contributed by atoms with Gasteiger partial charge in [-0.3, -0.25) is 9.59 Å². The standard InChI is InChI=1S/C20H17N5O2S2/c1-12-13(2)22-24(20(27)14(12)10-21)11-19(26)25-16(18-6-4-8-29-18)9-15(23-25)17-5-3-7-28-17/h3-8,16H,9,11H2,1-2H3. The number of hydrazone groups is 1. The van der Waals surface area contributed by atoms with E-state index in [0.717, 1.165) is 20.1 Å². The third-order valence-electron chi connectivity index (χ3n) is 4.88. The molecule has 0 spiro atoms. The Kier molecular flexibility index (Phi) is 5.13. The van der Waals surface area contributed by atoms with Crippen LogP contribution >= 0.6 is 22.7 Å². The number of hydrogen-bond donors (Lipinski definition) is 0. The Labute approximate surface area is 175 Å². The number of hydrogen-bond acceptors (Lipinski definition) is 7. The fraction of sp³-hybridized carbons (Fsp3) is 0.250. The molecule has 29 heavy (non-hydrogen) atoms. The molecular formula is C20H17N5O2S2. The number of amides is 1. The van der Waals surface area contributed by atoms with Crippen LogP contribution in [0.5, 0.6) is 0 Å². The minimum atomic E-state index is -0.557. The third kappa shape index (κ3) is 3.52. The summed E-state index contributed by atoms with van der Waals surface area (Å²) in [5, 5.41) is 23.5. The Bertz CT molecular complexity index is 1190. The van der Waals surface area contributed by atoms with Gasteiger partial charge in [0, 0.05) is 11.3 Å². The van der Waals surface area contributed by atoms with Crippen molar-refractivity contribution in [3.8, 4) is 6.07 Å². The molecule has 0 saturated heterocycles. The molecule has 1 atom stereocenters. The molecule has 146 valence electrons. The van der Waals surface area contributed by atoms with Crippen LogP contribution in [-0.2, 0) is 11.3 Å². The van der Waals surface area contributed by atoms with Gasteiger partial charge in [-0.05, 0) is 42.3 Å². The van der Waals surface area contributed by atoms with Crippen molar-refractivity contribution in [1.29, 1.82) is 5.26 Å². The molecule has 0 aromatic carbocycles. The molecule has 3 aromatic rings. The monoisotopic (exact) mass is 423 g/mol. The average Bonchev–Trinajstić information content (AvgIpc) is 3.47. The van der Waals surface area contributed by atoms with Gasteiger partial charge < -0.3 is 0 Å². The molecule has 0 radical (unpaired) electrons. The van der Waals surface area contributed by atoms with Crippen molar-refractivity contribution in [1.82, 2.24) is 14.8 Å². The minimum absolute atomic E-state index is 0.0179. The smallest absolute Gasteiger partial charge is 0.271 e. The molecule has 7 nitrogen and oxygen atoms in total. The van der Waals surface area contributed by atoms with Crippen LogP contribution in [0.2, 0.25) is 0 Å². The molecule has 0 aliphatic carbocycles. The summed E-state index contributed by atoms with van der Waals surface area (Å²) in [6.07, 6.45) is 0.617. The highest BCUT2D eigenvalue weighted by atomic mass is 32.1. The van der Waals surface area contributed by atoms with Crippen molar-refractivity contribution in [2.45, 2.75) is 32.9 Å². The number of nitriles is 1. The van der Waals surface area contributed by atoms with Crippen molar-refractivity contribution >= 4 is 34.3 Å². The SMILES string of the molecule is Cc1nn(CC(=O)N2N=C(c3cccs3)CC2c2cccs2)c(=O)c(C#N)c1C. The Morgan fingerprint density at radius 1 is 1.28 bits per heavy atom. The van der Waals surface area contributed by atoms with Gasteiger partial charge in [0.25, 0.3) is 11.5 Å². The van der Waals surface area contributed by atoms with Crippen LogP contribution in [-0.4, -0.2) is 26.4 Å². The number of aryl methyl sites for hydroxylation is 1. The summed E-state index contributed by atoms with van der Waals surface area (Å²) in [7, 11) is 0. The van der Waals surface area contributed by atoms with E-state index in [2.05, 4.69) is 10.2 Å². The maximum absolute atomic E-state index is 13.1. The largest absolute Gasteiger partial charge is 0.285 e. The van der Waals surface area contributed by atoms with Gasteiger partial charge in [0.15, 0.2) is 0 Å². The minimum Gasteiger partial charge on any atom is -0.271 e. The molecule has 4 heterocycles. The van der Waals surface area contributed by atoms with Crippen LogP contribution in [0.1, 0.15) is 39.0 Å². The number of nitrogens with zero attached hydrogens (tertiary/aromatic N) is 5. The maximum Gasteiger partial charge on any atom is 0.285 e. The number of carbonyl (C=O) groups excluding carboxylic acids is 1. The zero-order chi connectivity index (χ0) is 20.5. The summed E-state index contributed by atoms with van der Waals surface area (Å²) in [6.45, 7) is 3.13. The van der Waals surface area contributed by atoms with E-state index in [9.17, 15) is 14.9 Å². The quantitative estimate of drug-likeness (QED) is 0.644. The molecule has 1 unspecified atom stereocenters. The second-order valence-corrected chi connectivity index (χ2v) is 8.58. The van der Waals surface area contributed by atoms with Gasteiger partial charge in [0.1, 0.15) is 18.2 Å². The van der Waals surface area contributed by atoms with E-state index in [1.54, 1.807) is 36.5 Å². The first-order valence-electron chi connectivity index (χ1n) is 8.95. The van der Waals surface area contributed by atoms with E-state index in [0.29, 0.717) is 17.7 Å². The highest BCUT2D eigenvalue weighted by molar-refractivity contribution is 7.12. The van der Waals surface area contributed by atoms with Crippen LogP contribution < -0.4 is 5.56 Å². The Morgan fingerprint density at radius 3 is 2.69 bits per heavy atom. The molecule has 1 aliphatic rings. The topological polar surface area (TPSA) is 91.3 Å². The Balaban J connectivity index is 1.68. The lowest BCUT2D eigenvalue weighted by atomic mass is 10.1. The van der Waals surface area contributed by atoms with Crippen molar-refractivity contribution in [3.05, 3.63) is 72.0 Å². The molecule has 0 N–H and O–H groups in total. The van der Waals surface area contributed by atoms with E-state index in [4.69, 9.17) is 0 Å². The van der Waals surface area contributed by atoms with Crippen molar-refractivity contribution in [2.24, 2.45) is 5.10 Å². The fourth-order valence-corrected chi connectivity index (χ4v) is 4.78. The number of rotatable bonds is 4. The molecule has 0 bridgehead atoms. The predicted octanol–water partition coefficient (Wildman–Crippen LogP) is 3.23. The number of carbonyl (C=O) groups is 1. The highest BCUT2D eigenvalue weighted by Gasteiger charge is 2.34. The summed E-state index contributed by atoms with van der Waals surface area (Å²) in [5.41, 5.74) is 1.40. The van der Waals surface area contributed by atoms with Gasteiger partial charge >= 0.3 is 0 Å². The van der Waals surface area contributed by atoms with Crippen molar-refractivity contribution < 1.29 is 4.79 Å². The van der Waals surface area contributed by atoms with Crippen LogP contribution in [0.4, 0.5) is 0 Å². The van der Waals surface area contributed by atoms with Gasteiger partial charge in [-0.1, -0.05) is 12.1 Å². The van der Waals surface area contributed by atoms with Crippen LogP contribution in [0.15, 0.2) is 44.9 Å². The van der Waals surface area contributed by atoms with Crippen LogP contribution in [0.25, 0.3) is 0 Å². The second-order valence-electron chi connectivity index (χ2n) is 6.66. The van der Waals surface area contributed by atoms with Gasteiger partial charge in [-0.2, -0.15) is 15.5 Å². The summed E-state index contributed by atoms with van der Waals surface area (Å²) in [6, 6.07) is 9.58. The second kappa shape index (κ2) is 7.73. The summed E-state index contributed by atoms with van der Waals surface area (Å²) in [4.78, 5) is 27.7. The lowest BCUT2D eigenvalue weighted by Crippen LogP contribution is -2.36. The fourth-order valence-electron chi connectivity index (χ4n) is 3.25. The lowest BCUT2D eigenvalue weighted by Gasteiger charge is -2.21. The molecular weight excluding hydrogens is 406 g/mol. The number of thiophene rings is 2. The molecule has 3 aromatic heterocycles. The predicted molar refractivity (Wildman–Crippen MR) is 112 cm³/mol. The molecule has 1 amide bonds. The van der Waals surface area contributed by atoms with E-state index in [1.165, 1.54) is 5.01 Å². The van der Waals surface area contributed by atoms with E-state index >= 15 is 0 Å². The molecule has 9 heteroatoms. The number of aromatic nitrogens is 2. The summed E-state index contributed by atoms with van der Waals surface area (Å²) < 4.78 is 1.06. The van der Waals surface area contributed by atoms with E-state index < -0.39 is 5.56 Å². The average molecular weight is 424 g/mol. The van der Waals surface area contributed by atoms with Gasteiger partial charge in [0.2, 0.25) is 0 Å². The zero-order valence-electron chi connectivity index (χ0n) is 15.8. The van der Waals surface area contributed by atoms with Gasteiger partial charge in [0.05, 0.1) is 22.3 Å². The van der Waals surface area contributed by atoms with Crippen LogP contribution in [0, 0.1) is 25.2 Å². The first-order valence-corrected chi connectivity index (χ1v) is 10.7. The Morgan fingerprint density at radius 2 is 2.03 bits per heavy atom. The lowest BCUT2D eigenvalue weighted by molar-refractivity contribution is -0.133. The maximum atomic E-state index is 13.1. The molecule has 4 rings (SSSR count). The molecule has 1 aliphatic heterocycles. The Hall–Kier alpha value is -3.09. The summed E-state index contributed by atoms with van der Waals surface area (Å²) >= 11 is 3.15. The van der Waals surface area contributed by atoms with Gasteiger partial charge in [-0.25, -0.2) is 9.69 Å². The first-order chi connectivity index (χ1) is 14.0. The van der Waals surface area contributed by atoms with E-state index in [-0.39, 0.29) is 24.1 Å². The normalized spacial score (nSPS) is 16.0. The third-order valence-corrected chi connectivity index (χ3v) is 6.77. The zero-order valence-corrected chi connectivity index (χ0v) is 17.5. The van der Waals surface area contributed by atoms with Crippen LogP contribution in [0.3, 0.4) is 0 Å². The molecule has 0 saturated carbocycles. The highest BCUT2D eigenvalue weighted by Crippen LogP contribution is 2.36. The van der Waals surface area contributed by atoms with Crippen molar-refractivity contribution in [3.63, 3.8) is 0 Å². The summed E-state index contributed by atoms with van der Waals surface area (Å²) in [5.74, 6) is -0.336. The first kappa shape index (κ1) is 19.2.